The molecule has 1 aliphatic rings. The lowest BCUT2D eigenvalue weighted by molar-refractivity contribution is 0.0696. The Bertz CT molecular complexity index is 515. The van der Waals surface area contributed by atoms with E-state index in [2.05, 4.69) is 9.55 Å². The zero-order chi connectivity index (χ0) is 12.4. The SMILES string of the molecule is Fc1ccc(-c2cn(C3CCOCC3)cn2)cc1. The molecule has 0 saturated carbocycles. The number of ether oxygens (including phenoxy) is 1. The standard InChI is InChI=1S/C14H15FN2O/c15-12-3-1-11(2-4-12)14-9-17(10-16-14)13-5-7-18-8-6-13/h1-4,9-10,13H,5-8H2. The van der Waals surface area contributed by atoms with Crippen LogP contribution in [0.15, 0.2) is 36.8 Å². The van der Waals surface area contributed by atoms with E-state index in [4.69, 9.17) is 4.74 Å². The molecule has 1 aliphatic heterocycles. The van der Waals surface area contributed by atoms with Gasteiger partial charge in [0.2, 0.25) is 0 Å². The van der Waals surface area contributed by atoms with Gasteiger partial charge < -0.3 is 9.30 Å². The van der Waals surface area contributed by atoms with Gasteiger partial charge in [-0.15, -0.1) is 0 Å². The molecule has 0 amide bonds. The van der Waals surface area contributed by atoms with Gasteiger partial charge in [0, 0.05) is 31.0 Å². The molecule has 0 radical (unpaired) electrons. The third kappa shape index (κ3) is 2.29. The smallest absolute Gasteiger partial charge is 0.123 e. The lowest BCUT2D eigenvalue weighted by Crippen LogP contribution is -2.18. The molecule has 1 saturated heterocycles. The van der Waals surface area contributed by atoms with E-state index in [0.29, 0.717) is 6.04 Å². The minimum Gasteiger partial charge on any atom is -0.381 e. The molecule has 2 aromatic rings. The van der Waals surface area contributed by atoms with Crippen LogP contribution in [0.3, 0.4) is 0 Å². The third-order valence-corrected chi connectivity index (χ3v) is 3.35. The van der Waals surface area contributed by atoms with Gasteiger partial charge >= 0.3 is 0 Å². The van der Waals surface area contributed by atoms with Gasteiger partial charge in [-0.05, 0) is 37.1 Å². The van der Waals surface area contributed by atoms with Gasteiger partial charge in [-0.2, -0.15) is 0 Å². The summed E-state index contributed by atoms with van der Waals surface area (Å²) in [6, 6.07) is 6.91. The van der Waals surface area contributed by atoms with E-state index < -0.39 is 0 Å². The molecule has 0 spiro atoms. The van der Waals surface area contributed by atoms with Gasteiger partial charge in [0.1, 0.15) is 5.82 Å². The summed E-state index contributed by atoms with van der Waals surface area (Å²) in [5.41, 5.74) is 1.84. The Morgan fingerprint density at radius 1 is 1.17 bits per heavy atom. The number of hydrogen-bond acceptors (Lipinski definition) is 2. The summed E-state index contributed by atoms with van der Waals surface area (Å²) in [5.74, 6) is -0.220. The lowest BCUT2D eigenvalue weighted by Gasteiger charge is -2.22. The monoisotopic (exact) mass is 246 g/mol. The first-order chi connectivity index (χ1) is 8.83. The second kappa shape index (κ2) is 4.90. The van der Waals surface area contributed by atoms with Gasteiger partial charge in [-0.1, -0.05) is 0 Å². The number of benzene rings is 1. The van der Waals surface area contributed by atoms with Crippen molar-refractivity contribution < 1.29 is 9.13 Å². The van der Waals surface area contributed by atoms with Gasteiger partial charge in [-0.25, -0.2) is 9.37 Å². The Labute approximate surface area is 105 Å². The second-order valence-corrected chi connectivity index (χ2v) is 4.56. The quantitative estimate of drug-likeness (QED) is 0.814. The van der Waals surface area contributed by atoms with E-state index in [9.17, 15) is 4.39 Å². The number of hydrogen-bond donors (Lipinski definition) is 0. The maximum atomic E-state index is 12.9. The molecule has 0 bridgehead atoms. The zero-order valence-corrected chi connectivity index (χ0v) is 10.1. The molecule has 4 heteroatoms. The van der Waals surface area contributed by atoms with Crippen molar-refractivity contribution in [3.8, 4) is 11.3 Å². The number of halogens is 1. The Balaban J connectivity index is 1.82. The van der Waals surface area contributed by atoms with E-state index in [1.54, 1.807) is 12.1 Å². The Morgan fingerprint density at radius 3 is 2.61 bits per heavy atom. The van der Waals surface area contributed by atoms with Crippen molar-refractivity contribution in [2.45, 2.75) is 18.9 Å². The lowest BCUT2D eigenvalue weighted by atomic mass is 10.1. The highest BCUT2D eigenvalue weighted by molar-refractivity contribution is 5.57. The van der Waals surface area contributed by atoms with Gasteiger partial charge in [0.05, 0.1) is 12.0 Å². The van der Waals surface area contributed by atoms with Crippen molar-refractivity contribution in [1.29, 1.82) is 0 Å². The number of aromatic nitrogens is 2. The average molecular weight is 246 g/mol. The fourth-order valence-electron chi connectivity index (χ4n) is 2.29. The van der Waals surface area contributed by atoms with Crippen LogP contribution in [0, 0.1) is 5.82 Å². The van der Waals surface area contributed by atoms with Crippen molar-refractivity contribution in [2.24, 2.45) is 0 Å². The summed E-state index contributed by atoms with van der Waals surface area (Å²) in [6.07, 6.45) is 5.94. The van der Waals surface area contributed by atoms with E-state index >= 15 is 0 Å². The summed E-state index contributed by atoms with van der Waals surface area (Å²) >= 11 is 0. The molecule has 0 N–H and O–H groups in total. The van der Waals surface area contributed by atoms with Crippen molar-refractivity contribution in [1.82, 2.24) is 9.55 Å². The Morgan fingerprint density at radius 2 is 1.89 bits per heavy atom. The minimum absolute atomic E-state index is 0.220. The van der Waals surface area contributed by atoms with Crippen LogP contribution in [0.2, 0.25) is 0 Å². The summed E-state index contributed by atoms with van der Waals surface area (Å²) < 4.78 is 20.3. The Hall–Kier alpha value is -1.68. The van der Waals surface area contributed by atoms with E-state index in [1.807, 2.05) is 12.5 Å². The van der Waals surface area contributed by atoms with E-state index in [-0.39, 0.29) is 5.82 Å². The third-order valence-electron chi connectivity index (χ3n) is 3.35. The molecule has 18 heavy (non-hydrogen) atoms. The van der Waals surface area contributed by atoms with Gasteiger partial charge in [0.15, 0.2) is 0 Å². The molecule has 0 aliphatic carbocycles. The zero-order valence-electron chi connectivity index (χ0n) is 10.1. The molecular weight excluding hydrogens is 231 g/mol. The topological polar surface area (TPSA) is 27.1 Å². The van der Waals surface area contributed by atoms with Crippen molar-refractivity contribution in [2.75, 3.05) is 13.2 Å². The first-order valence-electron chi connectivity index (χ1n) is 6.20. The molecule has 0 atom stereocenters. The molecule has 0 unspecified atom stereocenters. The molecule has 94 valence electrons. The predicted molar refractivity (Wildman–Crippen MR) is 66.7 cm³/mol. The molecule has 1 aromatic carbocycles. The highest BCUT2D eigenvalue weighted by Crippen LogP contribution is 2.24. The van der Waals surface area contributed by atoms with Crippen LogP contribution in [0.4, 0.5) is 4.39 Å². The first-order valence-corrected chi connectivity index (χ1v) is 6.20. The number of rotatable bonds is 2. The van der Waals surface area contributed by atoms with Crippen molar-refractivity contribution in [3.63, 3.8) is 0 Å². The highest BCUT2D eigenvalue weighted by Gasteiger charge is 2.16. The normalized spacial score (nSPS) is 16.9. The number of nitrogens with zero attached hydrogens (tertiary/aromatic N) is 2. The van der Waals surface area contributed by atoms with Crippen LogP contribution in [0.25, 0.3) is 11.3 Å². The molecule has 2 heterocycles. The van der Waals surface area contributed by atoms with E-state index in [1.165, 1.54) is 12.1 Å². The maximum absolute atomic E-state index is 12.9. The fraction of sp³-hybridized carbons (Fsp3) is 0.357. The summed E-state index contributed by atoms with van der Waals surface area (Å²) in [5, 5.41) is 0. The van der Waals surface area contributed by atoms with Crippen LogP contribution in [0.1, 0.15) is 18.9 Å². The summed E-state index contributed by atoms with van der Waals surface area (Å²) in [6.45, 7) is 1.63. The largest absolute Gasteiger partial charge is 0.381 e. The van der Waals surface area contributed by atoms with Crippen LogP contribution >= 0.6 is 0 Å². The average Bonchev–Trinajstić information content (AvgIpc) is 2.90. The van der Waals surface area contributed by atoms with Crippen LogP contribution in [-0.4, -0.2) is 22.8 Å². The fourth-order valence-corrected chi connectivity index (χ4v) is 2.29. The van der Waals surface area contributed by atoms with Crippen LogP contribution in [0.5, 0.6) is 0 Å². The number of imidazole rings is 1. The summed E-state index contributed by atoms with van der Waals surface area (Å²) in [4.78, 5) is 4.39. The second-order valence-electron chi connectivity index (χ2n) is 4.56. The van der Waals surface area contributed by atoms with E-state index in [0.717, 1.165) is 37.3 Å². The first kappa shape index (κ1) is 11.4. The van der Waals surface area contributed by atoms with Crippen LogP contribution in [-0.2, 0) is 4.74 Å². The summed E-state index contributed by atoms with van der Waals surface area (Å²) in [7, 11) is 0. The maximum Gasteiger partial charge on any atom is 0.123 e. The van der Waals surface area contributed by atoms with Crippen LogP contribution < -0.4 is 0 Å². The Kier molecular flexibility index (Phi) is 3.11. The molecule has 1 aromatic heterocycles. The predicted octanol–water partition coefficient (Wildman–Crippen LogP) is 3.04. The van der Waals surface area contributed by atoms with Gasteiger partial charge in [-0.3, -0.25) is 0 Å². The molecule has 1 fully saturated rings. The highest BCUT2D eigenvalue weighted by atomic mass is 19.1. The molecule has 3 nitrogen and oxygen atoms in total. The van der Waals surface area contributed by atoms with Crippen molar-refractivity contribution >= 4 is 0 Å². The molecular formula is C14H15FN2O. The minimum atomic E-state index is -0.220. The van der Waals surface area contributed by atoms with Crippen molar-refractivity contribution in [3.05, 3.63) is 42.6 Å². The molecule has 3 rings (SSSR count). The van der Waals surface area contributed by atoms with Gasteiger partial charge in [0.25, 0.3) is 0 Å².